The Morgan fingerprint density at radius 3 is 2.80 bits per heavy atom. The number of phenolic OH excluding ortho intramolecular Hbond substituents is 1. The number of nitrogens with one attached hydrogen (secondary N) is 1. The van der Waals surface area contributed by atoms with Crippen molar-refractivity contribution < 1.29 is 15.0 Å². The molecule has 2 aromatic rings. The number of aromatic nitrogens is 2. The van der Waals surface area contributed by atoms with Crippen LogP contribution in [0.2, 0.25) is 0 Å². The van der Waals surface area contributed by atoms with Crippen molar-refractivity contribution in [1.82, 2.24) is 20.0 Å². The van der Waals surface area contributed by atoms with Crippen LogP contribution in [0.15, 0.2) is 18.2 Å². The maximum Gasteiger partial charge on any atom is 0.407 e. The number of benzene rings is 1. The van der Waals surface area contributed by atoms with Crippen LogP contribution in [0.3, 0.4) is 0 Å². The maximum absolute atomic E-state index is 10.7. The Kier molecular flexibility index (Phi) is 4.09. The van der Waals surface area contributed by atoms with Crippen molar-refractivity contribution in [1.29, 1.82) is 0 Å². The molecule has 0 spiro atoms. The molecule has 0 bridgehead atoms. The van der Waals surface area contributed by atoms with Gasteiger partial charge in [0, 0.05) is 32.1 Å². The molecule has 1 amide bonds. The first kappa shape index (κ1) is 14.1. The number of aromatic hydroxyl groups is 1. The molecular weight excluding hydrogens is 260 g/mol. The van der Waals surface area contributed by atoms with Crippen LogP contribution >= 0.6 is 0 Å². The summed E-state index contributed by atoms with van der Waals surface area (Å²) in [7, 11) is 3.44. The first-order chi connectivity index (χ1) is 9.47. The Balaban J connectivity index is 2.01. The minimum absolute atomic E-state index is 0.202. The van der Waals surface area contributed by atoms with Gasteiger partial charge in [-0.1, -0.05) is 0 Å². The fourth-order valence-corrected chi connectivity index (χ4v) is 1.93. The van der Waals surface area contributed by atoms with Crippen molar-refractivity contribution >= 4 is 17.0 Å². The summed E-state index contributed by atoms with van der Waals surface area (Å²) < 4.78 is 0. The largest absolute Gasteiger partial charge is 0.508 e. The molecule has 7 nitrogen and oxygen atoms in total. The average Bonchev–Trinajstić information content (AvgIpc) is 2.78. The predicted octanol–water partition coefficient (Wildman–Crippen LogP) is 1.31. The Hall–Kier alpha value is -2.28. The van der Waals surface area contributed by atoms with Gasteiger partial charge in [0.1, 0.15) is 5.75 Å². The lowest BCUT2D eigenvalue weighted by atomic mass is 10.2. The fraction of sp³-hybridized carbons (Fsp3) is 0.385. The number of rotatable bonds is 5. The van der Waals surface area contributed by atoms with E-state index in [1.54, 1.807) is 18.2 Å². The van der Waals surface area contributed by atoms with E-state index in [0.29, 0.717) is 19.6 Å². The third kappa shape index (κ3) is 3.18. The van der Waals surface area contributed by atoms with Gasteiger partial charge in [-0.3, -0.25) is 10.00 Å². The second-order valence-corrected chi connectivity index (χ2v) is 4.84. The second kappa shape index (κ2) is 5.79. The van der Waals surface area contributed by atoms with Gasteiger partial charge in [0.15, 0.2) is 0 Å². The summed E-state index contributed by atoms with van der Waals surface area (Å²) in [4.78, 5) is 13.9. The van der Waals surface area contributed by atoms with Crippen LogP contribution in [-0.2, 0) is 6.54 Å². The lowest BCUT2D eigenvalue weighted by Crippen LogP contribution is -2.33. The quantitative estimate of drug-likeness (QED) is 0.767. The molecule has 0 saturated carbocycles. The van der Waals surface area contributed by atoms with E-state index in [1.807, 2.05) is 11.9 Å². The third-order valence-corrected chi connectivity index (χ3v) is 3.19. The normalized spacial score (nSPS) is 11.2. The molecule has 0 aliphatic heterocycles. The molecule has 0 aliphatic carbocycles. The number of aromatic amines is 1. The van der Waals surface area contributed by atoms with E-state index < -0.39 is 6.09 Å². The smallest absolute Gasteiger partial charge is 0.407 e. The standard InChI is InChI=1S/C13H18N4O3/c1-16(5-6-17(2)13(19)20)8-12-10-7-9(18)3-4-11(10)14-15-12/h3-4,7,18H,5-6,8H2,1-2H3,(H,14,15)(H,19,20). The molecule has 1 aromatic heterocycles. The molecule has 0 atom stereocenters. The van der Waals surface area contributed by atoms with Crippen molar-refractivity contribution in [3.05, 3.63) is 23.9 Å². The van der Waals surface area contributed by atoms with Gasteiger partial charge >= 0.3 is 6.09 Å². The summed E-state index contributed by atoms with van der Waals surface area (Å²) in [5.74, 6) is 0.202. The molecule has 108 valence electrons. The van der Waals surface area contributed by atoms with Crippen molar-refractivity contribution in [2.45, 2.75) is 6.54 Å². The first-order valence-electron chi connectivity index (χ1n) is 6.26. The van der Waals surface area contributed by atoms with Crippen molar-refractivity contribution in [3.63, 3.8) is 0 Å². The van der Waals surface area contributed by atoms with Crippen molar-refractivity contribution in [2.24, 2.45) is 0 Å². The van der Waals surface area contributed by atoms with Gasteiger partial charge in [-0.25, -0.2) is 4.79 Å². The van der Waals surface area contributed by atoms with Gasteiger partial charge in [-0.2, -0.15) is 5.10 Å². The van der Waals surface area contributed by atoms with Crippen LogP contribution < -0.4 is 0 Å². The van der Waals surface area contributed by atoms with Crippen LogP contribution in [0.25, 0.3) is 10.9 Å². The molecule has 1 aromatic carbocycles. The zero-order chi connectivity index (χ0) is 14.7. The van der Waals surface area contributed by atoms with Crippen LogP contribution in [0, 0.1) is 0 Å². The minimum Gasteiger partial charge on any atom is -0.508 e. The highest BCUT2D eigenvalue weighted by molar-refractivity contribution is 5.82. The molecule has 7 heteroatoms. The molecule has 2 rings (SSSR count). The summed E-state index contributed by atoms with van der Waals surface area (Å²) in [6.07, 6.45) is -0.937. The number of carbonyl (C=O) groups is 1. The monoisotopic (exact) mass is 278 g/mol. The highest BCUT2D eigenvalue weighted by Crippen LogP contribution is 2.21. The summed E-state index contributed by atoms with van der Waals surface area (Å²) in [6, 6.07) is 5.06. The number of nitrogens with zero attached hydrogens (tertiary/aromatic N) is 3. The molecule has 0 radical (unpaired) electrons. The fourth-order valence-electron chi connectivity index (χ4n) is 1.93. The highest BCUT2D eigenvalue weighted by Gasteiger charge is 2.11. The van der Waals surface area contributed by atoms with Gasteiger partial charge in [0.2, 0.25) is 0 Å². The van der Waals surface area contributed by atoms with E-state index in [1.165, 1.54) is 11.9 Å². The zero-order valence-electron chi connectivity index (χ0n) is 11.5. The molecule has 0 fully saturated rings. The number of carboxylic acid groups (broad SMARTS) is 1. The van der Waals surface area contributed by atoms with Crippen molar-refractivity contribution in [2.75, 3.05) is 27.2 Å². The van der Waals surface area contributed by atoms with Gasteiger partial charge in [-0.15, -0.1) is 0 Å². The van der Waals surface area contributed by atoms with E-state index >= 15 is 0 Å². The van der Waals surface area contributed by atoms with E-state index in [0.717, 1.165) is 16.6 Å². The molecule has 0 saturated heterocycles. The molecular formula is C13H18N4O3. The number of hydrogen-bond acceptors (Lipinski definition) is 4. The van der Waals surface area contributed by atoms with E-state index in [-0.39, 0.29) is 5.75 Å². The molecule has 3 N–H and O–H groups in total. The number of phenols is 1. The summed E-state index contributed by atoms with van der Waals surface area (Å²) in [5, 5.41) is 26.3. The van der Waals surface area contributed by atoms with Gasteiger partial charge < -0.3 is 15.1 Å². The number of hydrogen-bond donors (Lipinski definition) is 3. The van der Waals surface area contributed by atoms with Gasteiger partial charge in [0.05, 0.1) is 11.2 Å². The van der Waals surface area contributed by atoms with Gasteiger partial charge in [-0.05, 0) is 25.2 Å². The highest BCUT2D eigenvalue weighted by atomic mass is 16.4. The number of fused-ring (bicyclic) bond motifs is 1. The molecule has 1 heterocycles. The van der Waals surface area contributed by atoms with Gasteiger partial charge in [0.25, 0.3) is 0 Å². The Bertz CT molecular complexity index is 611. The Labute approximate surface area is 116 Å². The lowest BCUT2D eigenvalue weighted by Gasteiger charge is -2.19. The van der Waals surface area contributed by atoms with Crippen LogP contribution in [0.1, 0.15) is 5.69 Å². The first-order valence-corrected chi connectivity index (χ1v) is 6.26. The maximum atomic E-state index is 10.7. The average molecular weight is 278 g/mol. The Morgan fingerprint density at radius 2 is 2.10 bits per heavy atom. The van der Waals surface area contributed by atoms with Crippen LogP contribution in [0.5, 0.6) is 5.75 Å². The summed E-state index contributed by atoms with van der Waals surface area (Å²) >= 11 is 0. The van der Waals surface area contributed by atoms with Crippen molar-refractivity contribution in [3.8, 4) is 5.75 Å². The topological polar surface area (TPSA) is 92.7 Å². The molecule has 0 unspecified atom stereocenters. The SMILES string of the molecule is CN(CCN(C)C(=O)O)Cc1n[nH]c2ccc(O)cc12. The van der Waals surface area contributed by atoms with Crippen LogP contribution in [0.4, 0.5) is 4.79 Å². The predicted molar refractivity (Wildman–Crippen MR) is 74.7 cm³/mol. The number of amides is 1. The molecule has 20 heavy (non-hydrogen) atoms. The van der Waals surface area contributed by atoms with E-state index in [9.17, 15) is 9.90 Å². The van der Waals surface area contributed by atoms with Crippen LogP contribution in [-0.4, -0.2) is 63.5 Å². The number of likely N-dealkylation sites (N-methyl/N-ethyl adjacent to an activating group) is 2. The summed E-state index contributed by atoms with van der Waals surface area (Å²) in [5.41, 5.74) is 1.70. The van der Waals surface area contributed by atoms with E-state index in [4.69, 9.17) is 5.11 Å². The number of H-pyrrole nitrogens is 1. The Morgan fingerprint density at radius 1 is 1.35 bits per heavy atom. The van der Waals surface area contributed by atoms with E-state index in [2.05, 4.69) is 10.2 Å². The lowest BCUT2D eigenvalue weighted by molar-refractivity contribution is 0.150. The minimum atomic E-state index is -0.937. The molecule has 0 aliphatic rings. The third-order valence-electron chi connectivity index (χ3n) is 3.19. The zero-order valence-corrected chi connectivity index (χ0v) is 11.5. The summed E-state index contributed by atoms with van der Waals surface area (Å²) in [6.45, 7) is 1.62. The second-order valence-electron chi connectivity index (χ2n) is 4.84.